The van der Waals surface area contributed by atoms with Crippen LogP contribution in [0.15, 0.2) is 46.9 Å². The Hall–Kier alpha value is -1.81. The second-order valence-electron chi connectivity index (χ2n) is 4.49. The number of ether oxygens (including phenoxy) is 1. The molecule has 0 fully saturated rings. The molecule has 0 aliphatic heterocycles. The van der Waals surface area contributed by atoms with Crippen LogP contribution in [0, 0.1) is 6.92 Å². The van der Waals surface area contributed by atoms with Gasteiger partial charge in [0.2, 0.25) is 0 Å². The van der Waals surface area contributed by atoms with Gasteiger partial charge in [-0.25, -0.2) is 0 Å². The zero-order chi connectivity index (χ0) is 14.5. The Kier molecular flexibility index (Phi) is 4.79. The smallest absolute Gasteiger partial charge is 0.307 e. The van der Waals surface area contributed by atoms with Gasteiger partial charge in [0.05, 0.1) is 6.42 Å². The first kappa shape index (κ1) is 14.6. The molecule has 0 aromatic heterocycles. The van der Waals surface area contributed by atoms with E-state index in [1.165, 1.54) is 0 Å². The molecule has 0 bridgehead atoms. The van der Waals surface area contributed by atoms with Crippen LogP contribution in [-0.4, -0.2) is 11.1 Å². The number of carbonyl (C=O) groups is 1. The van der Waals surface area contributed by atoms with Gasteiger partial charge in [-0.15, -0.1) is 0 Å². The molecule has 0 spiro atoms. The van der Waals surface area contributed by atoms with Crippen LogP contribution in [0.5, 0.6) is 5.75 Å². The van der Waals surface area contributed by atoms with E-state index in [9.17, 15) is 4.79 Å². The molecular weight excluding hydrogens is 320 g/mol. The average Bonchev–Trinajstić information content (AvgIpc) is 2.41. The molecule has 0 heterocycles. The van der Waals surface area contributed by atoms with E-state index in [4.69, 9.17) is 9.84 Å². The van der Waals surface area contributed by atoms with Crippen molar-refractivity contribution >= 4 is 21.9 Å². The van der Waals surface area contributed by atoms with Gasteiger partial charge in [-0.2, -0.15) is 0 Å². The van der Waals surface area contributed by atoms with E-state index in [1.807, 2.05) is 37.3 Å². The van der Waals surface area contributed by atoms with E-state index >= 15 is 0 Å². The summed E-state index contributed by atoms with van der Waals surface area (Å²) in [5, 5.41) is 8.90. The van der Waals surface area contributed by atoms with Crippen molar-refractivity contribution in [3.63, 3.8) is 0 Å². The van der Waals surface area contributed by atoms with Gasteiger partial charge in [-0.05, 0) is 30.2 Å². The summed E-state index contributed by atoms with van der Waals surface area (Å²) in [4.78, 5) is 10.8. The molecule has 0 unspecified atom stereocenters. The van der Waals surface area contributed by atoms with Crippen LogP contribution in [0.2, 0.25) is 0 Å². The van der Waals surface area contributed by atoms with Gasteiger partial charge in [0.1, 0.15) is 12.4 Å². The summed E-state index contributed by atoms with van der Waals surface area (Å²) in [6.45, 7) is 2.44. The summed E-state index contributed by atoms with van der Waals surface area (Å²) in [5.41, 5.74) is 2.89. The predicted molar refractivity (Wildman–Crippen MR) is 81.0 cm³/mol. The number of hydrogen-bond donors (Lipinski definition) is 1. The molecule has 0 aliphatic rings. The standard InChI is InChI=1S/C16H15BrO3/c1-11-13(6-4-7-14(11)17)10-20-15-8-3-2-5-12(15)9-16(18)19/h2-8H,9-10H2,1H3,(H,18,19). The average molecular weight is 335 g/mol. The van der Waals surface area contributed by atoms with E-state index in [0.717, 1.165) is 15.6 Å². The molecule has 2 aromatic carbocycles. The molecule has 0 saturated heterocycles. The number of hydrogen-bond acceptors (Lipinski definition) is 2. The Balaban J connectivity index is 2.15. The van der Waals surface area contributed by atoms with Crippen molar-refractivity contribution in [2.24, 2.45) is 0 Å². The van der Waals surface area contributed by atoms with Crippen molar-refractivity contribution in [2.45, 2.75) is 20.0 Å². The second kappa shape index (κ2) is 6.57. The van der Waals surface area contributed by atoms with Crippen LogP contribution in [0.25, 0.3) is 0 Å². The summed E-state index contributed by atoms with van der Waals surface area (Å²) in [6, 6.07) is 13.2. The van der Waals surface area contributed by atoms with Gasteiger partial charge in [0.15, 0.2) is 0 Å². The maximum atomic E-state index is 10.8. The summed E-state index contributed by atoms with van der Waals surface area (Å²) in [7, 11) is 0. The van der Waals surface area contributed by atoms with Crippen molar-refractivity contribution in [1.82, 2.24) is 0 Å². The zero-order valence-electron chi connectivity index (χ0n) is 11.1. The number of halogens is 1. The first-order valence-corrected chi connectivity index (χ1v) is 7.03. The highest BCUT2D eigenvalue weighted by Gasteiger charge is 2.08. The monoisotopic (exact) mass is 334 g/mol. The van der Waals surface area contributed by atoms with Gasteiger partial charge in [0.25, 0.3) is 0 Å². The first-order valence-electron chi connectivity index (χ1n) is 6.24. The van der Waals surface area contributed by atoms with Crippen LogP contribution in [0.1, 0.15) is 16.7 Å². The van der Waals surface area contributed by atoms with Crippen LogP contribution in [0.3, 0.4) is 0 Å². The maximum Gasteiger partial charge on any atom is 0.307 e. The normalized spacial score (nSPS) is 10.3. The highest BCUT2D eigenvalue weighted by Crippen LogP contribution is 2.23. The maximum absolute atomic E-state index is 10.8. The minimum Gasteiger partial charge on any atom is -0.489 e. The molecule has 2 aromatic rings. The van der Waals surface area contributed by atoms with E-state index < -0.39 is 5.97 Å². The minimum atomic E-state index is -0.861. The number of benzene rings is 2. The highest BCUT2D eigenvalue weighted by atomic mass is 79.9. The van der Waals surface area contributed by atoms with Gasteiger partial charge in [-0.3, -0.25) is 4.79 Å². The Bertz CT molecular complexity index is 623. The van der Waals surface area contributed by atoms with Crippen molar-refractivity contribution in [2.75, 3.05) is 0 Å². The summed E-state index contributed by atoms with van der Waals surface area (Å²) in [6.07, 6.45) is -0.0341. The van der Waals surface area contributed by atoms with Gasteiger partial charge in [0, 0.05) is 10.0 Å². The van der Waals surface area contributed by atoms with Crippen LogP contribution in [0.4, 0.5) is 0 Å². The fraction of sp³-hybridized carbons (Fsp3) is 0.188. The minimum absolute atomic E-state index is 0.0341. The molecule has 0 radical (unpaired) electrons. The molecule has 2 rings (SSSR count). The van der Waals surface area contributed by atoms with Gasteiger partial charge < -0.3 is 9.84 Å². The third kappa shape index (κ3) is 3.61. The Morgan fingerprint density at radius 3 is 2.60 bits per heavy atom. The quantitative estimate of drug-likeness (QED) is 0.900. The first-order chi connectivity index (χ1) is 9.58. The number of para-hydroxylation sites is 1. The molecule has 4 heteroatoms. The van der Waals surface area contributed by atoms with Crippen molar-refractivity contribution in [3.05, 3.63) is 63.6 Å². The third-order valence-corrected chi connectivity index (χ3v) is 3.94. The summed E-state index contributed by atoms with van der Waals surface area (Å²) in [5.74, 6) is -0.242. The zero-order valence-corrected chi connectivity index (χ0v) is 12.7. The molecule has 0 amide bonds. The molecule has 0 aliphatic carbocycles. The third-order valence-electron chi connectivity index (χ3n) is 3.08. The van der Waals surface area contributed by atoms with Gasteiger partial charge in [-0.1, -0.05) is 46.3 Å². The molecule has 1 N–H and O–H groups in total. The second-order valence-corrected chi connectivity index (χ2v) is 5.35. The molecule has 20 heavy (non-hydrogen) atoms. The number of carboxylic acids is 1. The van der Waals surface area contributed by atoms with E-state index in [2.05, 4.69) is 15.9 Å². The van der Waals surface area contributed by atoms with Gasteiger partial charge >= 0.3 is 5.97 Å². The van der Waals surface area contributed by atoms with Crippen LogP contribution in [-0.2, 0) is 17.8 Å². The van der Waals surface area contributed by atoms with Crippen molar-refractivity contribution < 1.29 is 14.6 Å². The summed E-state index contributed by atoms with van der Waals surface area (Å²) < 4.78 is 6.82. The lowest BCUT2D eigenvalue weighted by Crippen LogP contribution is -2.04. The van der Waals surface area contributed by atoms with E-state index in [1.54, 1.807) is 12.1 Å². The highest BCUT2D eigenvalue weighted by molar-refractivity contribution is 9.10. The summed E-state index contributed by atoms with van der Waals surface area (Å²) >= 11 is 3.49. The molecule has 0 saturated carbocycles. The van der Waals surface area contributed by atoms with E-state index in [0.29, 0.717) is 17.9 Å². The topological polar surface area (TPSA) is 46.5 Å². The Morgan fingerprint density at radius 2 is 1.85 bits per heavy atom. The molecular formula is C16H15BrO3. The largest absolute Gasteiger partial charge is 0.489 e. The fourth-order valence-electron chi connectivity index (χ4n) is 1.92. The lowest BCUT2D eigenvalue weighted by atomic mass is 10.1. The number of aliphatic carboxylic acids is 1. The van der Waals surface area contributed by atoms with Crippen molar-refractivity contribution in [3.8, 4) is 5.75 Å². The fourth-order valence-corrected chi connectivity index (χ4v) is 2.32. The lowest BCUT2D eigenvalue weighted by molar-refractivity contribution is -0.136. The predicted octanol–water partition coefficient (Wildman–Crippen LogP) is 3.96. The van der Waals surface area contributed by atoms with Crippen LogP contribution < -0.4 is 4.74 Å². The van der Waals surface area contributed by atoms with Crippen molar-refractivity contribution in [1.29, 1.82) is 0 Å². The Morgan fingerprint density at radius 1 is 1.15 bits per heavy atom. The molecule has 0 atom stereocenters. The SMILES string of the molecule is Cc1c(Br)cccc1COc1ccccc1CC(=O)O. The molecule has 3 nitrogen and oxygen atoms in total. The van der Waals surface area contributed by atoms with Crippen LogP contribution >= 0.6 is 15.9 Å². The molecule has 104 valence electrons. The van der Waals surface area contributed by atoms with E-state index in [-0.39, 0.29) is 6.42 Å². The number of rotatable bonds is 5. The number of carboxylic acid groups (broad SMARTS) is 1. The Labute approximate surface area is 126 Å². The lowest BCUT2D eigenvalue weighted by Gasteiger charge is -2.12.